The molecule has 2 heterocycles. The highest BCUT2D eigenvalue weighted by atomic mass is 16.2. The second-order valence-corrected chi connectivity index (χ2v) is 5.59. The maximum absolute atomic E-state index is 12.4. The Kier molecular flexibility index (Phi) is 4.65. The lowest BCUT2D eigenvalue weighted by Crippen LogP contribution is -2.28. The number of nitrogens with one attached hydrogen (secondary N) is 1. The molecule has 6 heteroatoms. The van der Waals surface area contributed by atoms with Gasteiger partial charge in [0.2, 0.25) is 11.8 Å². The zero-order chi connectivity index (χ0) is 15.6. The Hall–Kier alpha value is -1.85. The summed E-state index contributed by atoms with van der Waals surface area (Å²) in [5.74, 6) is -0.278. The van der Waals surface area contributed by atoms with E-state index in [1.807, 2.05) is 25.5 Å². The van der Waals surface area contributed by atoms with Gasteiger partial charge in [-0.1, -0.05) is 6.92 Å². The number of hydrogen-bond acceptors (Lipinski definition) is 3. The molecule has 0 spiro atoms. The van der Waals surface area contributed by atoms with Gasteiger partial charge in [0.05, 0.1) is 23.0 Å². The van der Waals surface area contributed by atoms with E-state index in [2.05, 4.69) is 17.3 Å². The van der Waals surface area contributed by atoms with Crippen LogP contribution in [0.1, 0.15) is 38.1 Å². The van der Waals surface area contributed by atoms with Crippen LogP contribution in [0.4, 0.5) is 5.69 Å². The summed E-state index contributed by atoms with van der Waals surface area (Å²) in [5.41, 5.74) is 2.58. The van der Waals surface area contributed by atoms with Crippen molar-refractivity contribution in [3.05, 3.63) is 11.4 Å². The highest BCUT2D eigenvalue weighted by molar-refractivity contribution is 5.97. The van der Waals surface area contributed by atoms with E-state index in [-0.39, 0.29) is 17.7 Å². The zero-order valence-corrected chi connectivity index (χ0v) is 13.3. The monoisotopic (exact) mass is 292 g/mol. The molecule has 1 fully saturated rings. The number of anilines is 1. The largest absolute Gasteiger partial charge is 0.342 e. The van der Waals surface area contributed by atoms with E-state index >= 15 is 0 Å². The van der Waals surface area contributed by atoms with Crippen molar-refractivity contribution in [2.24, 2.45) is 5.92 Å². The maximum Gasteiger partial charge on any atom is 0.229 e. The van der Waals surface area contributed by atoms with Gasteiger partial charge in [-0.15, -0.1) is 0 Å². The van der Waals surface area contributed by atoms with Gasteiger partial charge in [-0.25, -0.2) is 0 Å². The minimum Gasteiger partial charge on any atom is -0.342 e. The maximum atomic E-state index is 12.4. The Morgan fingerprint density at radius 3 is 2.67 bits per heavy atom. The molecule has 1 atom stereocenters. The third-order valence-corrected chi connectivity index (χ3v) is 4.03. The van der Waals surface area contributed by atoms with Crippen LogP contribution in [0.15, 0.2) is 0 Å². The van der Waals surface area contributed by atoms with Crippen molar-refractivity contribution >= 4 is 17.5 Å². The number of amides is 2. The van der Waals surface area contributed by atoms with E-state index in [4.69, 9.17) is 0 Å². The van der Waals surface area contributed by atoms with Gasteiger partial charge in [0.15, 0.2) is 0 Å². The van der Waals surface area contributed by atoms with Crippen LogP contribution in [0.2, 0.25) is 0 Å². The topological polar surface area (TPSA) is 67.2 Å². The van der Waals surface area contributed by atoms with Crippen molar-refractivity contribution in [2.45, 2.75) is 47.1 Å². The van der Waals surface area contributed by atoms with Gasteiger partial charge in [0, 0.05) is 26.1 Å². The fourth-order valence-electron chi connectivity index (χ4n) is 2.79. The number of hydrogen-bond donors (Lipinski definition) is 1. The Bertz CT molecular complexity index is 550. The fourth-order valence-corrected chi connectivity index (χ4v) is 2.79. The predicted molar refractivity (Wildman–Crippen MR) is 81.0 cm³/mol. The van der Waals surface area contributed by atoms with E-state index in [9.17, 15) is 9.59 Å². The first-order chi connectivity index (χ1) is 9.97. The second-order valence-electron chi connectivity index (χ2n) is 5.59. The average Bonchev–Trinajstić information content (AvgIpc) is 2.94. The Labute approximate surface area is 125 Å². The van der Waals surface area contributed by atoms with Crippen LogP contribution >= 0.6 is 0 Å². The molecule has 0 aliphatic carbocycles. The molecule has 1 N–H and O–H groups in total. The van der Waals surface area contributed by atoms with Crippen LogP contribution in [0.3, 0.4) is 0 Å². The average molecular weight is 292 g/mol. The number of rotatable bonds is 5. The summed E-state index contributed by atoms with van der Waals surface area (Å²) in [4.78, 5) is 25.8. The summed E-state index contributed by atoms with van der Waals surface area (Å²) in [6.07, 6.45) is 1.30. The summed E-state index contributed by atoms with van der Waals surface area (Å²) < 4.78 is 1.92. The predicted octanol–water partition coefficient (Wildman–Crippen LogP) is 1.72. The molecule has 21 heavy (non-hydrogen) atoms. The van der Waals surface area contributed by atoms with Gasteiger partial charge < -0.3 is 10.2 Å². The zero-order valence-electron chi connectivity index (χ0n) is 13.3. The molecule has 1 saturated heterocycles. The smallest absolute Gasteiger partial charge is 0.229 e. The molecule has 1 aliphatic rings. The van der Waals surface area contributed by atoms with Crippen molar-refractivity contribution < 1.29 is 9.59 Å². The van der Waals surface area contributed by atoms with Crippen LogP contribution in [0.25, 0.3) is 0 Å². The lowest BCUT2D eigenvalue weighted by Gasteiger charge is -2.14. The number of likely N-dealkylation sites (tertiary alicyclic amines) is 1. The minimum atomic E-state index is -0.259. The third-order valence-electron chi connectivity index (χ3n) is 4.03. The van der Waals surface area contributed by atoms with Gasteiger partial charge in [-0.05, 0) is 27.2 Å². The van der Waals surface area contributed by atoms with Crippen molar-refractivity contribution in [1.82, 2.24) is 14.7 Å². The molecule has 2 rings (SSSR count). The summed E-state index contributed by atoms with van der Waals surface area (Å²) >= 11 is 0. The molecule has 1 aliphatic heterocycles. The Morgan fingerprint density at radius 2 is 2.10 bits per heavy atom. The molecular weight excluding hydrogens is 268 g/mol. The van der Waals surface area contributed by atoms with Crippen LogP contribution < -0.4 is 5.32 Å². The lowest BCUT2D eigenvalue weighted by molar-refractivity contribution is -0.128. The highest BCUT2D eigenvalue weighted by Crippen LogP contribution is 2.23. The summed E-state index contributed by atoms with van der Waals surface area (Å²) in [5, 5.41) is 7.41. The second kappa shape index (κ2) is 6.28. The van der Waals surface area contributed by atoms with Crippen molar-refractivity contribution in [3.63, 3.8) is 0 Å². The minimum absolute atomic E-state index is 0.0628. The summed E-state index contributed by atoms with van der Waals surface area (Å²) in [6.45, 7) is 9.90. The van der Waals surface area contributed by atoms with Crippen LogP contribution in [-0.2, 0) is 16.1 Å². The van der Waals surface area contributed by atoms with E-state index in [1.54, 1.807) is 4.90 Å². The quantitative estimate of drug-likeness (QED) is 0.898. The first kappa shape index (κ1) is 15.5. The van der Waals surface area contributed by atoms with Crippen LogP contribution in [-0.4, -0.2) is 39.6 Å². The van der Waals surface area contributed by atoms with Gasteiger partial charge in [-0.2, -0.15) is 5.10 Å². The molecule has 0 saturated carbocycles. The first-order valence-corrected chi connectivity index (χ1v) is 7.60. The molecule has 1 aromatic rings. The van der Waals surface area contributed by atoms with Crippen molar-refractivity contribution in [1.29, 1.82) is 0 Å². The van der Waals surface area contributed by atoms with Crippen molar-refractivity contribution in [3.8, 4) is 0 Å². The summed E-state index contributed by atoms with van der Waals surface area (Å²) in [6, 6.07) is 0. The van der Waals surface area contributed by atoms with E-state index in [0.29, 0.717) is 19.5 Å². The molecule has 0 bridgehead atoms. The number of carbonyl (C=O) groups is 2. The van der Waals surface area contributed by atoms with Gasteiger partial charge in [0.25, 0.3) is 0 Å². The number of carbonyl (C=O) groups excluding carboxylic acids is 2. The molecule has 0 radical (unpaired) electrons. The molecular formula is C15H24N4O2. The molecule has 6 nitrogen and oxygen atoms in total. The normalized spacial score (nSPS) is 18.4. The van der Waals surface area contributed by atoms with E-state index in [1.165, 1.54) is 0 Å². The molecule has 2 amide bonds. The van der Waals surface area contributed by atoms with Crippen LogP contribution in [0, 0.1) is 19.8 Å². The van der Waals surface area contributed by atoms with Gasteiger partial charge in [0.1, 0.15) is 0 Å². The standard InChI is InChI=1S/C15H24N4O2/c1-5-7-19-11(4)14(10(3)17-19)16-15(21)12-8-13(20)18(6-2)9-12/h12H,5-9H2,1-4H3,(H,16,21). The highest BCUT2D eigenvalue weighted by Gasteiger charge is 2.33. The third kappa shape index (κ3) is 3.09. The van der Waals surface area contributed by atoms with Crippen molar-refractivity contribution in [2.75, 3.05) is 18.4 Å². The number of aromatic nitrogens is 2. The van der Waals surface area contributed by atoms with E-state index < -0.39 is 0 Å². The molecule has 0 aromatic carbocycles. The van der Waals surface area contributed by atoms with Crippen LogP contribution in [0.5, 0.6) is 0 Å². The number of aryl methyl sites for hydroxylation is 2. The number of nitrogens with zero attached hydrogens (tertiary/aromatic N) is 3. The first-order valence-electron chi connectivity index (χ1n) is 7.60. The lowest BCUT2D eigenvalue weighted by atomic mass is 10.1. The van der Waals surface area contributed by atoms with E-state index in [0.717, 1.165) is 30.0 Å². The molecule has 116 valence electrons. The fraction of sp³-hybridized carbons (Fsp3) is 0.667. The molecule has 1 aromatic heterocycles. The van der Waals surface area contributed by atoms with Gasteiger partial charge >= 0.3 is 0 Å². The Balaban J connectivity index is 2.08. The van der Waals surface area contributed by atoms with Gasteiger partial charge in [-0.3, -0.25) is 14.3 Å². The summed E-state index contributed by atoms with van der Waals surface area (Å²) in [7, 11) is 0. The SMILES string of the molecule is CCCn1nc(C)c(NC(=O)C2CC(=O)N(CC)C2)c1C. The molecule has 1 unspecified atom stereocenters. The Morgan fingerprint density at radius 1 is 1.38 bits per heavy atom.